The average molecular weight is 320 g/mol. The highest BCUT2D eigenvalue weighted by Crippen LogP contribution is 2.29. The first kappa shape index (κ1) is 15.0. The van der Waals surface area contributed by atoms with Crippen LogP contribution in [0.1, 0.15) is 6.92 Å². The molecule has 2 aromatic carbocycles. The minimum absolute atomic E-state index is 0.244. The van der Waals surface area contributed by atoms with Crippen LogP contribution in [0.2, 0.25) is 5.02 Å². The molecule has 0 bridgehead atoms. The Morgan fingerprint density at radius 3 is 2.59 bits per heavy atom. The Labute approximate surface area is 135 Å². The van der Waals surface area contributed by atoms with Gasteiger partial charge in [0.15, 0.2) is 0 Å². The van der Waals surface area contributed by atoms with E-state index in [-0.39, 0.29) is 11.9 Å². The van der Waals surface area contributed by atoms with Gasteiger partial charge in [-0.2, -0.15) is 0 Å². The first-order valence-electron chi connectivity index (χ1n) is 7.37. The number of hydrogen-bond acceptors (Lipinski definition) is 3. The monoisotopic (exact) mass is 319 g/mol. The van der Waals surface area contributed by atoms with Gasteiger partial charge in [-0.1, -0.05) is 23.7 Å². The zero-order valence-corrected chi connectivity index (χ0v) is 13.2. The van der Waals surface area contributed by atoms with Crippen LogP contribution in [-0.2, 0) is 0 Å². The number of hydrogen-bond donors (Lipinski definition) is 1. The maximum Gasteiger partial charge on any atom is 0.147 e. The first-order valence-corrected chi connectivity index (χ1v) is 7.75. The molecule has 0 spiro atoms. The first-order chi connectivity index (χ1) is 10.6. The molecule has 1 unspecified atom stereocenters. The second kappa shape index (κ2) is 6.05. The Bertz CT molecular complexity index is 677. The van der Waals surface area contributed by atoms with Crippen molar-refractivity contribution in [2.45, 2.75) is 13.0 Å². The normalized spacial score (nSPS) is 18.6. The Kier molecular flexibility index (Phi) is 4.12. The Morgan fingerprint density at radius 2 is 1.91 bits per heavy atom. The van der Waals surface area contributed by atoms with Gasteiger partial charge in [-0.25, -0.2) is 4.39 Å². The molecule has 0 saturated carbocycles. The lowest BCUT2D eigenvalue weighted by atomic mass is 10.1. The smallest absolute Gasteiger partial charge is 0.147 e. The SMILES string of the molecule is CC1CN(c2ccc(Cl)cc2F)CCN1c1ccccc1N. The summed E-state index contributed by atoms with van der Waals surface area (Å²) < 4.78 is 14.1. The third-order valence-electron chi connectivity index (χ3n) is 4.12. The lowest BCUT2D eigenvalue weighted by Gasteiger charge is -2.42. The number of piperazine rings is 1. The van der Waals surface area contributed by atoms with Crippen molar-refractivity contribution < 1.29 is 4.39 Å². The summed E-state index contributed by atoms with van der Waals surface area (Å²) in [6.45, 7) is 4.42. The van der Waals surface area contributed by atoms with Crippen LogP contribution in [0.25, 0.3) is 0 Å². The highest BCUT2D eigenvalue weighted by atomic mass is 35.5. The number of anilines is 3. The molecule has 1 heterocycles. The van der Waals surface area contributed by atoms with Crippen molar-refractivity contribution in [2.24, 2.45) is 0 Å². The predicted octanol–water partition coefficient (Wildman–Crippen LogP) is 3.78. The average Bonchev–Trinajstić information content (AvgIpc) is 2.48. The van der Waals surface area contributed by atoms with E-state index in [1.54, 1.807) is 12.1 Å². The van der Waals surface area contributed by atoms with Gasteiger partial charge in [0.05, 0.1) is 17.1 Å². The summed E-state index contributed by atoms with van der Waals surface area (Å²) >= 11 is 5.82. The highest BCUT2D eigenvalue weighted by Gasteiger charge is 2.26. The van der Waals surface area contributed by atoms with Crippen LogP contribution < -0.4 is 15.5 Å². The summed E-state index contributed by atoms with van der Waals surface area (Å²) in [6.07, 6.45) is 0. The van der Waals surface area contributed by atoms with E-state index in [1.165, 1.54) is 6.07 Å². The maximum absolute atomic E-state index is 14.1. The molecule has 1 atom stereocenters. The maximum atomic E-state index is 14.1. The number of nitrogens with two attached hydrogens (primary N) is 1. The molecule has 0 aromatic heterocycles. The van der Waals surface area contributed by atoms with E-state index >= 15 is 0 Å². The summed E-state index contributed by atoms with van der Waals surface area (Å²) in [5, 5.41) is 0.421. The summed E-state index contributed by atoms with van der Waals surface area (Å²) in [4.78, 5) is 4.34. The van der Waals surface area contributed by atoms with Crippen LogP contribution in [0, 0.1) is 5.82 Å². The van der Waals surface area contributed by atoms with E-state index in [4.69, 9.17) is 17.3 Å². The second-order valence-electron chi connectivity index (χ2n) is 5.64. The summed E-state index contributed by atoms with van der Waals surface area (Å²) in [5.41, 5.74) is 8.50. The van der Waals surface area contributed by atoms with Crippen molar-refractivity contribution in [1.82, 2.24) is 0 Å². The number of benzene rings is 2. The van der Waals surface area contributed by atoms with Crippen LogP contribution in [0.4, 0.5) is 21.5 Å². The number of para-hydroxylation sites is 2. The fourth-order valence-electron chi connectivity index (χ4n) is 3.02. The molecular weight excluding hydrogens is 301 g/mol. The number of nitrogens with zero attached hydrogens (tertiary/aromatic N) is 2. The van der Waals surface area contributed by atoms with E-state index in [9.17, 15) is 4.39 Å². The summed E-state index contributed by atoms with van der Waals surface area (Å²) in [6, 6.07) is 12.9. The molecule has 0 amide bonds. The molecule has 2 aromatic rings. The van der Waals surface area contributed by atoms with Gasteiger partial charge in [-0.05, 0) is 37.3 Å². The van der Waals surface area contributed by atoms with E-state index in [0.29, 0.717) is 10.7 Å². The van der Waals surface area contributed by atoms with Gasteiger partial charge in [-0.15, -0.1) is 0 Å². The minimum atomic E-state index is -0.271. The summed E-state index contributed by atoms with van der Waals surface area (Å²) in [5.74, 6) is -0.271. The molecule has 1 saturated heterocycles. The van der Waals surface area contributed by atoms with E-state index in [1.807, 2.05) is 24.3 Å². The molecular formula is C17H19ClFN3. The van der Waals surface area contributed by atoms with Crippen LogP contribution in [0.15, 0.2) is 42.5 Å². The van der Waals surface area contributed by atoms with Gasteiger partial charge >= 0.3 is 0 Å². The molecule has 1 fully saturated rings. The number of rotatable bonds is 2. The largest absolute Gasteiger partial charge is 0.397 e. The molecule has 0 radical (unpaired) electrons. The zero-order valence-electron chi connectivity index (χ0n) is 12.5. The van der Waals surface area contributed by atoms with Gasteiger partial charge in [-0.3, -0.25) is 0 Å². The molecule has 1 aliphatic rings. The van der Waals surface area contributed by atoms with Crippen LogP contribution in [0.3, 0.4) is 0 Å². The third-order valence-corrected chi connectivity index (χ3v) is 4.36. The van der Waals surface area contributed by atoms with Gasteiger partial charge in [0.25, 0.3) is 0 Å². The quantitative estimate of drug-likeness (QED) is 0.855. The number of nitrogen functional groups attached to an aromatic ring is 1. The van der Waals surface area contributed by atoms with E-state index in [2.05, 4.69) is 16.7 Å². The highest BCUT2D eigenvalue weighted by molar-refractivity contribution is 6.30. The van der Waals surface area contributed by atoms with Crippen molar-refractivity contribution in [3.63, 3.8) is 0 Å². The molecule has 5 heteroatoms. The molecule has 0 aliphatic carbocycles. The van der Waals surface area contributed by atoms with E-state index < -0.39 is 0 Å². The summed E-state index contributed by atoms with van der Waals surface area (Å²) in [7, 11) is 0. The van der Waals surface area contributed by atoms with Gasteiger partial charge in [0, 0.05) is 30.7 Å². The zero-order chi connectivity index (χ0) is 15.7. The standard InChI is InChI=1S/C17H19ClFN3/c1-12-11-21(16-7-6-13(18)10-14(16)19)8-9-22(12)17-5-3-2-4-15(17)20/h2-7,10,12H,8-9,11,20H2,1H3. The second-order valence-corrected chi connectivity index (χ2v) is 6.08. The molecule has 116 valence electrons. The fraction of sp³-hybridized carbons (Fsp3) is 0.294. The minimum Gasteiger partial charge on any atom is -0.397 e. The van der Waals surface area contributed by atoms with Crippen molar-refractivity contribution in [1.29, 1.82) is 0 Å². The molecule has 22 heavy (non-hydrogen) atoms. The van der Waals surface area contributed by atoms with Gasteiger partial charge in [0.2, 0.25) is 0 Å². The molecule has 1 aliphatic heterocycles. The lowest BCUT2D eigenvalue weighted by Crippen LogP contribution is -2.52. The Hall–Kier alpha value is -1.94. The van der Waals surface area contributed by atoms with Crippen molar-refractivity contribution in [3.8, 4) is 0 Å². The van der Waals surface area contributed by atoms with Crippen molar-refractivity contribution in [3.05, 3.63) is 53.3 Å². The van der Waals surface area contributed by atoms with Crippen LogP contribution in [0.5, 0.6) is 0 Å². The fourth-order valence-corrected chi connectivity index (χ4v) is 3.18. The Morgan fingerprint density at radius 1 is 1.14 bits per heavy atom. The number of halogens is 2. The molecule has 3 rings (SSSR count). The van der Waals surface area contributed by atoms with Crippen LogP contribution >= 0.6 is 11.6 Å². The van der Waals surface area contributed by atoms with E-state index in [0.717, 1.165) is 31.0 Å². The third kappa shape index (κ3) is 2.83. The van der Waals surface area contributed by atoms with Crippen molar-refractivity contribution >= 4 is 28.7 Å². The van der Waals surface area contributed by atoms with Gasteiger partial charge < -0.3 is 15.5 Å². The van der Waals surface area contributed by atoms with Crippen LogP contribution in [-0.4, -0.2) is 25.7 Å². The Balaban J connectivity index is 1.79. The molecule has 3 nitrogen and oxygen atoms in total. The predicted molar refractivity (Wildman–Crippen MR) is 91.3 cm³/mol. The van der Waals surface area contributed by atoms with Crippen molar-refractivity contribution in [2.75, 3.05) is 35.2 Å². The lowest BCUT2D eigenvalue weighted by molar-refractivity contribution is 0.538. The van der Waals surface area contributed by atoms with Gasteiger partial charge in [0.1, 0.15) is 5.82 Å². The topological polar surface area (TPSA) is 32.5 Å². The molecule has 2 N–H and O–H groups in total.